The van der Waals surface area contributed by atoms with E-state index in [-0.39, 0.29) is 5.97 Å². The fourth-order valence-electron chi connectivity index (χ4n) is 1.63. The molecule has 0 aliphatic heterocycles. The lowest BCUT2D eigenvalue weighted by Crippen LogP contribution is -2.24. The van der Waals surface area contributed by atoms with Gasteiger partial charge in [-0.1, -0.05) is 12.1 Å². The molecule has 5 heteroatoms. The summed E-state index contributed by atoms with van der Waals surface area (Å²) < 4.78 is 15.9. The molecular weight excluding hydrogens is 258 g/mol. The topological polar surface area (TPSA) is 56.8 Å². The summed E-state index contributed by atoms with van der Waals surface area (Å²) in [5.74, 6) is 1.31. The summed E-state index contributed by atoms with van der Waals surface area (Å²) in [5.41, 5.74) is 0. The van der Waals surface area contributed by atoms with Crippen LogP contribution in [0, 0.1) is 0 Å². The fraction of sp³-hybridized carbons (Fsp3) is 0.533. The van der Waals surface area contributed by atoms with Gasteiger partial charge < -0.3 is 19.5 Å². The molecule has 0 atom stereocenters. The number of nitrogens with one attached hydrogen (secondary N) is 1. The Bertz CT molecular complexity index is 395. The summed E-state index contributed by atoms with van der Waals surface area (Å²) in [6.07, 6.45) is 0.378. The van der Waals surface area contributed by atoms with Crippen molar-refractivity contribution >= 4 is 5.97 Å². The van der Waals surface area contributed by atoms with E-state index in [0.717, 1.165) is 11.5 Å². The zero-order valence-electron chi connectivity index (χ0n) is 12.2. The molecule has 0 spiro atoms. The van der Waals surface area contributed by atoms with Gasteiger partial charge in [-0.25, -0.2) is 0 Å². The molecule has 0 saturated carbocycles. The highest BCUT2D eigenvalue weighted by molar-refractivity contribution is 5.69. The summed E-state index contributed by atoms with van der Waals surface area (Å²) in [5, 5.41) is 3.13. The van der Waals surface area contributed by atoms with Crippen LogP contribution in [0.5, 0.6) is 11.5 Å². The van der Waals surface area contributed by atoms with Crippen LogP contribution >= 0.6 is 0 Å². The van der Waals surface area contributed by atoms with Gasteiger partial charge in [-0.15, -0.1) is 0 Å². The second-order valence-corrected chi connectivity index (χ2v) is 4.03. The Kier molecular flexibility index (Phi) is 8.22. The molecule has 1 N–H and O–H groups in total. The van der Waals surface area contributed by atoms with Crippen LogP contribution in [0.3, 0.4) is 0 Å². The van der Waals surface area contributed by atoms with Crippen LogP contribution in [-0.4, -0.2) is 38.9 Å². The molecule has 0 bridgehead atoms. The Morgan fingerprint density at radius 1 is 1.05 bits per heavy atom. The molecule has 112 valence electrons. The second-order valence-electron chi connectivity index (χ2n) is 4.03. The highest BCUT2D eigenvalue weighted by Gasteiger charge is 2.03. The molecule has 1 aromatic rings. The maximum absolute atomic E-state index is 11.1. The third-order valence-corrected chi connectivity index (χ3v) is 2.50. The Morgan fingerprint density at radius 2 is 1.75 bits per heavy atom. The predicted molar refractivity (Wildman–Crippen MR) is 77.2 cm³/mol. The Morgan fingerprint density at radius 3 is 2.40 bits per heavy atom. The number of esters is 1. The van der Waals surface area contributed by atoms with E-state index in [1.165, 1.54) is 0 Å². The second kappa shape index (κ2) is 10.1. The minimum Gasteiger partial charge on any atom is -0.490 e. The molecule has 0 heterocycles. The largest absolute Gasteiger partial charge is 0.490 e. The molecule has 5 nitrogen and oxygen atoms in total. The molecule has 1 rings (SSSR count). The van der Waals surface area contributed by atoms with E-state index in [9.17, 15) is 4.79 Å². The van der Waals surface area contributed by atoms with Gasteiger partial charge >= 0.3 is 5.97 Å². The van der Waals surface area contributed by atoms with Gasteiger partial charge in [-0.2, -0.15) is 0 Å². The van der Waals surface area contributed by atoms with Crippen molar-refractivity contribution in [3.63, 3.8) is 0 Å². The summed E-state index contributed by atoms with van der Waals surface area (Å²) in [6, 6.07) is 7.58. The Labute approximate surface area is 120 Å². The van der Waals surface area contributed by atoms with Crippen molar-refractivity contribution in [2.75, 3.05) is 32.9 Å². The number of carbonyl (C=O) groups is 1. The van der Waals surface area contributed by atoms with Gasteiger partial charge in [-0.3, -0.25) is 4.79 Å². The molecule has 0 aromatic heterocycles. The van der Waals surface area contributed by atoms with Crippen molar-refractivity contribution in [3.05, 3.63) is 24.3 Å². The smallest absolute Gasteiger partial charge is 0.307 e. The van der Waals surface area contributed by atoms with Gasteiger partial charge in [0.1, 0.15) is 6.61 Å². The lowest BCUT2D eigenvalue weighted by Gasteiger charge is -2.11. The first-order valence-corrected chi connectivity index (χ1v) is 6.98. The molecular formula is C15H23NO4. The van der Waals surface area contributed by atoms with E-state index >= 15 is 0 Å². The highest BCUT2D eigenvalue weighted by atomic mass is 16.5. The number of benzene rings is 1. The van der Waals surface area contributed by atoms with Gasteiger partial charge in [-0.05, 0) is 26.0 Å². The first-order chi connectivity index (χ1) is 9.77. The molecule has 0 radical (unpaired) electrons. The van der Waals surface area contributed by atoms with Crippen molar-refractivity contribution in [3.8, 4) is 11.5 Å². The van der Waals surface area contributed by atoms with E-state index in [2.05, 4.69) is 5.32 Å². The third kappa shape index (κ3) is 6.43. The highest BCUT2D eigenvalue weighted by Crippen LogP contribution is 2.25. The first-order valence-electron chi connectivity index (χ1n) is 6.98. The van der Waals surface area contributed by atoms with Crippen LogP contribution in [0.1, 0.15) is 20.3 Å². The number of hydrogen-bond donors (Lipinski definition) is 1. The van der Waals surface area contributed by atoms with Crippen LogP contribution in [0.15, 0.2) is 24.3 Å². The van der Waals surface area contributed by atoms with E-state index < -0.39 is 0 Å². The summed E-state index contributed by atoms with van der Waals surface area (Å²) in [7, 11) is 0. The standard InChI is InChI=1S/C15H23NO4/c1-3-18-13-7-5-6-8-14(13)20-12-11-16-10-9-15(17)19-4-2/h5-8,16H,3-4,9-12H2,1-2H3. The molecule has 1 aromatic carbocycles. The number of hydrogen-bond acceptors (Lipinski definition) is 5. The van der Waals surface area contributed by atoms with Crippen LogP contribution in [0.2, 0.25) is 0 Å². The van der Waals surface area contributed by atoms with E-state index in [4.69, 9.17) is 14.2 Å². The van der Waals surface area contributed by atoms with E-state index in [1.54, 1.807) is 6.92 Å². The van der Waals surface area contributed by atoms with Crippen molar-refractivity contribution in [2.45, 2.75) is 20.3 Å². The number of ether oxygens (including phenoxy) is 3. The van der Waals surface area contributed by atoms with Crippen LogP contribution in [0.4, 0.5) is 0 Å². The SMILES string of the molecule is CCOC(=O)CCNCCOc1ccccc1OCC. The summed E-state index contributed by atoms with van der Waals surface area (Å²) in [6.45, 7) is 6.55. The molecule has 20 heavy (non-hydrogen) atoms. The summed E-state index contributed by atoms with van der Waals surface area (Å²) in [4.78, 5) is 11.1. The van der Waals surface area contributed by atoms with Crippen molar-refractivity contribution in [2.24, 2.45) is 0 Å². The predicted octanol–water partition coefficient (Wildman–Crippen LogP) is 2.01. The molecule has 0 fully saturated rings. The molecule has 0 amide bonds. The Balaban J connectivity index is 2.16. The van der Waals surface area contributed by atoms with Crippen LogP contribution in [-0.2, 0) is 9.53 Å². The monoisotopic (exact) mass is 281 g/mol. The zero-order valence-corrected chi connectivity index (χ0v) is 12.2. The van der Waals surface area contributed by atoms with E-state index in [0.29, 0.717) is 39.3 Å². The number of carbonyl (C=O) groups excluding carboxylic acids is 1. The average molecular weight is 281 g/mol. The maximum atomic E-state index is 11.1. The maximum Gasteiger partial charge on any atom is 0.307 e. The molecule has 0 saturated heterocycles. The van der Waals surface area contributed by atoms with Crippen molar-refractivity contribution in [1.29, 1.82) is 0 Å². The first kappa shape index (κ1) is 16.3. The van der Waals surface area contributed by atoms with Crippen molar-refractivity contribution in [1.82, 2.24) is 5.32 Å². The molecule has 0 aliphatic rings. The van der Waals surface area contributed by atoms with Crippen molar-refractivity contribution < 1.29 is 19.0 Å². The van der Waals surface area contributed by atoms with Gasteiger partial charge in [0, 0.05) is 13.1 Å². The molecule has 0 unspecified atom stereocenters. The number of para-hydroxylation sites is 2. The van der Waals surface area contributed by atoms with Gasteiger partial charge in [0.15, 0.2) is 11.5 Å². The lowest BCUT2D eigenvalue weighted by atomic mass is 10.3. The molecule has 0 aliphatic carbocycles. The fourth-order valence-corrected chi connectivity index (χ4v) is 1.63. The minimum atomic E-state index is -0.178. The van der Waals surface area contributed by atoms with Crippen LogP contribution in [0.25, 0.3) is 0 Å². The Hall–Kier alpha value is -1.75. The van der Waals surface area contributed by atoms with Gasteiger partial charge in [0.05, 0.1) is 19.6 Å². The normalized spacial score (nSPS) is 10.1. The minimum absolute atomic E-state index is 0.178. The lowest BCUT2D eigenvalue weighted by molar-refractivity contribution is -0.142. The zero-order chi connectivity index (χ0) is 14.6. The number of rotatable bonds is 10. The summed E-state index contributed by atoms with van der Waals surface area (Å²) >= 11 is 0. The average Bonchev–Trinajstić information content (AvgIpc) is 2.45. The van der Waals surface area contributed by atoms with Crippen LogP contribution < -0.4 is 14.8 Å². The van der Waals surface area contributed by atoms with Gasteiger partial charge in [0.25, 0.3) is 0 Å². The van der Waals surface area contributed by atoms with E-state index in [1.807, 2.05) is 31.2 Å². The van der Waals surface area contributed by atoms with Gasteiger partial charge in [0.2, 0.25) is 0 Å². The third-order valence-electron chi connectivity index (χ3n) is 2.50. The quantitative estimate of drug-likeness (QED) is 0.525.